The van der Waals surface area contributed by atoms with Gasteiger partial charge in [-0.25, -0.2) is 9.89 Å². The van der Waals surface area contributed by atoms with Gasteiger partial charge >= 0.3 is 6.09 Å². The predicted molar refractivity (Wildman–Crippen MR) is 77.1 cm³/mol. The van der Waals surface area contributed by atoms with Gasteiger partial charge < -0.3 is 9.47 Å². The average Bonchev–Trinajstić information content (AvgIpc) is 2.49. The summed E-state index contributed by atoms with van der Waals surface area (Å²) < 4.78 is 9.67. The number of benzene rings is 1. The molecule has 0 spiro atoms. The molecule has 21 heavy (non-hydrogen) atoms. The summed E-state index contributed by atoms with van der Waals surface area (Å²) in [6, 6.07) is 10.0. The Labute approximate surface area is 120 Å². The van der Waals surface area contributed by atoms with Crippen molar-refractivity contribution in [2.24, 2.45) is 0 Å². The van der Waals surface area contributed by atoms with Crippen LogP contribution in [0.4, 0.5) is 10.5 Å². The second-order valence-electron chi connectivity index (χ2n) is 4.14. The maximum absolute atomic E-state index is 11.4. The van der Waals surface area contributed by atoms with Crippen molar-refractivity contribution in [3.05, 3.63) is 46.8 Å². The van der Waals surface area contributed by atoms with Crippen molar-refractivity contribution in [1.82, 2.24) is 10.2 Å². The Morgan fingerprint density at radius 3 is 2.57 bits per heavy atom. The number of H-pyrrole nitrogens is 1. The minimum atomic E-state index is -0.540. The maximum atomic E-state index is 11.4. The van der Waals surface area contributed by atoms with E-state index in [1.54, 1.807) is 30.3 Å². The quantitative estimate of drug-likeness (QED) is 0.816. The fourth-order valence-electron chi connectivity index (χ4n) is 1.60. The Morgan fingerprint density at radius 2 is 1.95 bits per heavy atom. The Balaban J connectivity index is 1.97. The highest BCUT2D eigenvalue weighted by Gasteiger charge is 2.04. The number of nitrogens with one attached hydrogen (secondary N) is 2. The number of nitrogens with zero attached hydrogens (tertiary/aromatic N) is 1. The van der Waals surface area contributed by atoms with E-state index in [-0.39, 0.29) is 12.2 Å². The lowest BCUT2D eigenvalue weighted by Crippen LogP contribution is -2.16. The molecule has 0 radical (unpaired) electrons. The van der Waals surface area contributed by atoms with Gasteiger partial charge in [0.15, 0.2) is 0 Å². The number of hydrogen-bond acceptors (Lipinski definition) is 5. The summed E-state index contributed by atoms with van der Waals surface area (Å²) in [6.45, 7) is 0.548. The van der Waals surface area contributed by atoms with E-state index in [0.29, 0.717) is 18.0 Å². The lowest BCUT2D eigenvalue weighted by molar-refractivity contribution is 0.107. The minimum absolute atomic E-state index is 0.196. The molecular formula is C14H15N3O4. The molecule has 0 unspecified atom stereocenters. The van der Waals surface area contributed by atoms with Crippen LogP contribution in [0.2, 0.25) is 0 Å². The lowest BCUT2D eigenvalue weighted by atomic mass is 10.1. The van der Waals surface area contributed by atoms with Crippen LogP contribution in [0.3, 0.4) is 0 Å². The first-order chi connectivity index (χ1) is 10.2. The average molecular weight is 289 g/mol. The number of ether oxygens (including phenoxy) is 2. The van der Waals surface area contributed by atoms with Crippen LogP contribution in [0.1, 0.15) is 0 Å². The molecule has 0 bridgehead atoms. The van der Waals surface area contributed by atoms with Gasteiger partial charge in [0.25, 0.3) is 5.56 Å². The number of aromatic amines is 1. The third-order valence-electron chi connectivity index (χ3n) is 2.63. The molecule has 1 aromatic heterocycles. The Hall–Kier alpha value is -2.67. The highest BCUT2D eigenvalue weighted by Crippen LogP contribution is 2.18. The van der Waals surface area contributed by atoms with Crippen LogP contribution in [-0.4, -0.2) is 36.6 Å². The van der Waals surface area contributed by atoms with Gasteiger partial charge in [-0.3, -0.25) is 10.1 Å². The van der Waals surface area contributed by atoms with Crippen molar-refractivity contribution in [2.75, 3.05) is 25.6 Å². The number of rotatable bonds is 5. The molecule has 1 amide bonds. The van der Waals surface area contributed by atoms with Gasteiger partial charge in [0, 0.05) is 24.4 Å². The third kappa shape index (κ3) is 4.43. The first-order valence-electron chi connectivity index (χ1n) is 6.28. The van der Waals surface area contributed by atoms with Gasteiger partial charge in [-0.2, -0.15) is 5.10 Å². The highest BCUT2D eigenvalue weighted by molar-refractivity contribution is 5.85. The van der Waals surface area contributed by atoms with Crippen molar-refractivity contribution >= 4 is 11.8 Å². The Bertz CT molecular complexity index is 632. The molecule has 2 aromatic rings. The van der Waals surface area contributed by atoms with Crippen molar-refractivity contribution in [2.45, 2.75) is 0 Å². The Morgan fingerprint density at radius 1 is 1.19 bits per heavy atom. The number of amides is 1. The van der Waals surface area contributed by atoms with Crippen molar-refractivity contribution < 1.29 is 14.3 Å². The monoisotopic (exact) mass is 289 g/mol. The summed E-state index contributed by atoms with van der Waals surface area (Å²) in [5.74, 6) is 0. The fraction of sp³-hybridized carbons (Fsp3) is 0.214. The highest BCUT2D eigenvalue weighted by atomic mass is 16.6. The number of carbonyl (C=O) groups is 1. The van der Waals surface area contributed by atoms with Gasteiger partial charge in [0.2, 0.25) is 0 Å². The Kier molecular flexibility index (Phi) is 5.05. The SMILES string of the molecule is COCCOC(=O)Nc1ccc(-c2ccc(=O)[nH]n2)cc1. The van der Waals surface area contributed by atoms with E-state index in [9.17, 15) is 9.59 Å². The molecule has 0 aliphatic heterocycles. The van der Waals surface area contributed by atoms with Crippen LogP contribution < -0.4 is 10.9 Å². The molecule has 0 aliphatic carbocycles. The van der Waals surface area contributed by atoms with E-state index in [2.05, 4.69) is 15.5 Å². The molecule has 7 nitrogen and oxygen atoms in total. The molecule has 0 saturated carbocycles. The standard InChI is InChI=1S/C14H15N3O4/c1-20-8-9-21-14(19)15-11-4-2-10(3-5-11)12-6-7-13(18)17-16-12/h2-7H,8-9H2,1H3,(H,15,19)(H,17,18). The third-order valence-corrected chi connectivity index (χ3v) is 2.63. The summed E-state index contributed by atoms with van der Waals surface area (Å²) in [4.78, 5) is 22.4. The van der Waals surface area contributed by atoms with E-state index >= 15 is 0 Å². The first-order valence-corrected chi connectivity index (χ1v) is 6.28. The van der Waals surface area contributed by atoms with Crippen LogP contribution in [0.25, 0.3) is 11.3 Å². The molecule has 2 N–H and O–H groups in total. The first kappa shape index (κ1) is 14.7. The predicted octanol–water partition coefficient (Wildman–Crippen LogP) is 1.63. The number of anilines is 1. The number of carbonyl (C=O) groups excluding carboxylic acids is 1. The second-order valence-corrected chi connectivity index (χ2v) is 4.14. The minimum Gasteiger partial charge on any atom is -0.447 e. The van der Waals surface area contributed by atoms with Crippen molar-refractivity contribution in [3.63, 3.8) is 0 Å². The number of hydrogen-bond donors (Lipinski definition) is 2. The van der Waals surface area contributed by atoms with Gasteiger partial charge in [-0.05, 0) is 18.2 Å². The molecule has 0 saturated heterocycles. The maximum Gasteiger partial charge on any atom is 0.411 e. The van der Waals surface area contributed by atoms with Crippen LogP contribution in [0.15, 0.2) is 41.2 Å². The number of methoxy groups -OCH3 is 1. The second kappa shape index (κ2) is 7.20. The normalized spacial score (nSPS) is 10.1. The van der Waals surface area contributed by atoms with Crippen LogP contribution in [-0.2, 0) is 9.47 Å². The molecule has 1 heterocycles. The van der Waals surface area contributed by atoms with Crippen molar-refractivity contribution in [3.8, 4) is 11.3 Å². The summed E-state index contributed by atoms with van der Waals surface area (Å²) in [6.07, 6.45) is -0.540. The van der Waals surface area contributed by atoms with Gasteiger partial charge in [0.1, 0.15) is 6.61 Å². The molecule has 0 atom stereocenters. The summed E-state index contributed by atoms with van der Waals surface area (Å²) in [5.41, 5.74) is 1.81. The molecule has 1 aromatic carbocycles. The van der Waals surface area contributed by atoms with Crippen LogP contribution in [0, 0.1) is 0 Å². The van der Waals surface area contributed by atoms with E-state index in [0.717, 1.165) is 5.56 Å². The van der Waals surface area contributed by atoms with Crippen LogP contribution in [0.5, 0.6) is 0 Å². The molecule has 7 heteroatoms. The van der Waals surface area contributed by atoms with Crippen LogP contribution >= 0.6 is 0 Å². The van der Waals surface area contributed by atoms with E-state index < -0.39 is 6.09 Å². The molecule has 0 aliphatic rings. The topological polar surface area (TPSA) is 93.3 Å². The zero-order valence-corrected chi connectivity index (χ0v) is 11.5. The summed E-state index contributed by atoms with van der Waals surface area (Å²) in [7, 11) is 1.53. The fourth-order valence-corrected chi connectivity index (χ4v) is 1.60. The summed E-state index contributed by atoms with van der Waals surface area (Å²) >= 11 is 0. The molecule has 2 rings (SSSR count). The molecule has 110 valence electrons. The number of aromatic nitrogens is 2. The smallest absolute Gasteiger partial charge is 0.411 e. The zero-order chi connectivity index (χ0) is 15.1. The zero-order valence-electron chi connectivity index (χ0n) is 11.5. The molecule has 0 fully saturated rings. The van der Waals surface area contributed by atoms with Gasteiger partial charge in [-0.1, -0.05) is 12.1 Å². The van der Waals surface area contributed by atoms with Gasteiger partial charge in [0.05, 0.1) is 12.3 Å². The lowest BCUT2D eigenvalue weighted by Gasteiger charge is -2.07. The van der Waals surface area contributed by atoms with Gasteiger partial charge in [-0.15, -0.1) is 0 Å². The van der Waals surface area contributed by atoms with E-state index in [1.807, 2.05) is 0 Å². The largest absolute Gasteiger partial charge is 0.447 e. The van der Waals surface area contributed by atoms with Crippen molar-refractivity contribution in [1.29, 1.82) is 0 Å². The van der Waals surface area contributed by atoms with E-state index in [1.165, 1.54) is 13.2 Å². The summed E-state index contributed by atoms with van der Waals surface area (Å²) in [5, 5.41) is 8.89. The molecular weight excluding hydrogens is 274 g/mol. The van der Waals surface area contributed by atoms with E-state index in [4.69, 9.17) is 9.47 Å².